The van der Waals surface area contributed by atoms with Gasteiger partial charge in [-0.2, -0.15) is 0 Å². The fraction of sp³-hybridized carbons (Fsp3) is 0.435. The number of amides is 1. The molecule has 2 bridgehead atoms. The lowest BCUT2D eigenvalue weighted by Gasteiger charge is -2.43. The van der Waals surface area contributed by atoms with Crippen molar-refractivity contribution in [1.82, 2.24) is 0 Å². The maximum atomic E-state index is 13.0. The van der Waals surface area contributed by atoms with Crippen LogP contribution >= 0.6 is 12.4 Å². The van der Waals surface area contributed by atoms with E-state index < -0.39 is 0 Å². The third kappa shape index (κ3) is 4.53. The van der Waals surface area contributed by atoms with Crippen molar-refractivity contribution in [3.8, 4) is 0 Å². The Hall–Kier alpha value is -1.84. The van der Waals surface area contributed by atoms with Crippen LogP contribution in [0, 0.1) is 17.8 Å². The topological polar surface area (TPSA) is 55.1 Å². The van der Waals surface area contributed by atoms with E-state index >= 15 is 0 Å². The molecule has 27 heavy (non-hydrogen) atoms. The molecule has 2 aromatic rings. The Kier molecular flexibility index (Phi) is 6.56. The van der Waals surface area contributed by atoms with Crippen molar-refractivity contribution in [2.75, 3.05) is 5.32 Å². The maximum Gasteiger partial charge on any atom is 0.227 e. The Bertz CT molecular complexity index is 750. The second-order valence-electron chi connectivity index (χ2n) is 8.01. The summed E-state index contributed by atoms with van der Waals surface area (Å²) in [6.07, 6.45) is 6.38. The van der Waals surface area contributed by atoms with Crippen LogP contribution < -0.4 is 11.1 Å². The van der Waals surface area contributed by atoms with E-state index in [9.17, 15) is 4.79 Å². The molecule has 1 amide bonds. The van der Waals surface area contributed by atoms with Gasteiger partial charge in [0.25, 0.3) is 0 Å². The molecule has 4 rings (SSSR count). The normalized spacial score (nSPS) is 26.7. The van der Waals surface area contributed by atoms with Gasteiger partial charge in [0.15, 0.2) is 0 Å². The molecule has 144 valence electrons. The number of nitrogens with two attached hydrogens (primary N) is 1. The number of benzene rings is 2. The molecule has 4 heteroatoms. The predicted octanol–water partition coefficient (Wildman–Crippen LogP) is 4.79. The number of rotatable bonds is 4. The molecule has 3 nitrogen and oxygen atoms in total. The van der Waals surface area contributed by atoms with E-state index in [1.807, 2.05) is 24.3 Å². The summed E-state index contributed by atoms with van der Waals surface area (Å²) in [6, 6.07) is 18.9. The van der Waals surface area contributed by atoms with Crippen LogP contribution in [0.25, 0.3) is 0 Å². The zero-order valence-corrected chi connectivity index (χ0v) is 16.5. The number of carbonyl (C=O) groups excluding carboxylic acids is 1. The first-order valence-corrected chi connectivity index (χ1v) is 9.89. The van der Waals surface area contributed by atoms with Crippen molar-refractivity contribution < 1.29 is 4.79 Å². The second-order valence-corrected chi connectivity index (χ2v) is 8.01. The second kappa shape index (κ2) is 8.90. The van der Waals surface area contributed by atoms with Crippen LogP contribution in [0.2, 0.25) is 0 Å². The fourth-order valence-corrected chi connectivity index (χ4v) is 4.85. The molecular formula is C23H29ClN2O. The molecule has 0 spiro atoms. The van der Waals surface area contributed by atoms with Crippen molar-refractivity contribution in [3.05, 3.63) is 65.7 Å². The Balaban J connectivity index is 0.00000210. The Morgan fingerprint density at radius 1 is 0.963 bits per heavy atom. The number of fused-ring (bicyclic) bond motifs is 2. The minimum atomic E-state index is 0. The number of nitrogens with one attached hydrogen (secondary N) is 1. The molecule has 2 atom stereocenters. The lowest BCUT2D eigenvalue weighted by atomic mass is 9.65. The van der Waals surface area contributed by atoms with Gasteiger partial charge in [0.05, 0.1) is 0 Å². The molecule has 2 saturated carbocycles. The first kappa shape index (κ1) is 19.9. The van der Waals surface area contributed by atoms with Gasteiger partial charge in [0.1, 0.15) is 0 Å². The monoisotopic (exact) mass is 384 g/mol. The van der Waals surface area contributed by atoms with Gasteiger partial charge >= 0.3 is 0 Å². The SMILES string of the molecule is Cl.NC1C2CCCC1CC(C(=O)Nc1ccccc1Cc1ccccc1)C2. The maximum absolute atomic E-state index is 13.0. The van der Waals surface area contributed by atoms with E-state index in [2.05, 4.69) is 35.6 Å². The van der Waals surface area contributed by atoms with Gasteiger partial charge in [0.2, 0.25) is 5.91 Å². The number of hydrogen-bond acceptors (Lipinski definition) is 2. The average molecular weight is 385 g/mol. The Morgan fingerprint density at radius 3 is 2.30 bits per heavy atom. The van der Waals surface area contributed by atoms with Crippen molar-refractivity contribution in [2.24, 2.45) is 23.5 Å². The molecule has 2 unspecified atom stereocenters. The standard InChI is InChI=1S/C23H28N2O.ClH/c24-22-18-10-6-11-19(22)15-20(14-18)23(26)25-21-12-5-4-9-17(21)13-16-7-2-1-3-8-16;/h1-5,7-9,12,18-20,22H,6,10-11,13-15,24H2,(H,25,26);1H. The predicted molar refractivity (Wildman–Crippen MR) is 113 cm³/mol. The molecule has 0 saturated heterocycles. The average Bonchev–Trinajstić information content (AvgIpc) is 2.64. The van der Waals surface area contributed by atoms with Gasteiger partial charge in [-0.25, -0.2) is 0 Å². The van der Waals surface area contributed by atoms with E-state index in [4.69, 9.17) is 5.73 Å². The van der Waals surface area contributed by atoms with E-state index in [1.165, 1.54) is 30.4 Å². The highest BCUT2D eigenvalue weighted by Gasteiger charge is 2.40. The lowest BCUT2D eigenvalue weighted by Crippen LogP contribution is -2.48. The van der Waals surface area contributed by atoms with Gasteiger partial charge in [-0.1, -0.05) is 55.0 Å². The summed E-state index contributed by atoms with van der Waals surface area (Å²) in [7, 11) is 0. The van der Waals surface area contributed by atoms with Crippen LogP contribution in [0.4, 0.5) is 5.69 Å². The zero-order chi connectivity index (χ0) is 17.9. The quantitative estimate of drug-likeness (QED) is 0.796. The fourth-order valence-electron chi connectivity index (χ4n) is 4.85. The van der Waals surface area contributed by atoms with Crippen molar-refractivity contribution in [2.45, 2.75) is 44.6 Å². The molecule has 2 aliphatic carbocycles. The van der Waals surface area contributed by atoms with Crippen molar-refractivity contribution in [1.29, 1.82) is 0 Å². The number of para-hydroxylation sites is 1. The van der Waals surface area contributed by atoms with E-state index in [-0.39, 0.29) is 24.2 Å². The first-order valence-electron chi connectivity index (χ1n) is 9.89. The molecule has 0 aliphatic heterocycles. The molecule has 3 N–H and O–H groups in total. The molecule has 2 aromatic carbocycles. The number of carbonyl (C=O) groups is 1. The van der Waals surface area contributed by atoms with Gasteiger partial charge in [-0.3, -0.25) is 4.79 Å². The lowest BCUT2D eigenvalue weighted by molar-refractivity contribution is -0.122. The molecule has 2 aliphatic rings. The van der Waals surface area contributed by atoms with Crippen LogP contribution in [0.5, 0.6) is 0 Å². The minimum Gasteiger partial charge on any atom is -0.327 e. The molecular weight excluding hydrogens is 356 g/mol. The van der Waals surface area contributed by atoms with Crippen LogP contribution in [0.15, 0.2) is 54.6 Å². The summed E-state index contributed by atoms with van der Waals surface area (Å²) in [5, 5.41) is 3.22. The smallest absolute Gasteiger partial charge is 0.227 e. The molecule has 0 aromatic heterocycles. The summed E-state index contributed by atoms with van der Waals surface area (Å²) in [5.74, 6) is 1.33. The van der Waals surface area contributed by atoms with Crippen molar-refractivity contribution in [3.63, 3.8) is 0 Å². The molecule has 0 heterocycles. The Labute approximate surface area is 168 Å². The zero-order valence-electron chi connectivity index (χ0n) is 15.6. The van der Waals surface area contributed by atoms with E-state index in [1.54, 1.807) is 0 Å². The minimum absolute atomic E-state index is 0. The van der Waals surface area contributed by atoms with Crippen molar-refractivity contribution >= 4 is 24.0 Å². The van der Waals surface area contributed by atoms with Crippen LogP contribution in [0.1, 0.15) is 43.2 Å². The van der Waals surface area contributed by atoms with Crippen LogP contribution in [-0.4, -0.2) is 11.9 Å². The summed E-state index contributed by atoms with van der Waals surface area (Å²) >= 11 is 0. The highest BCUT2D eigenvalue weighted by atomic mass is 35.5. The summed E-state index contributed by atoms with van der Waals surface area (Å²) < 4.78 is 0. The third-order valence-electron chi connectivity index (χ3n) is 6.30. The molecule has 0 radical (unpaired) electrons. The van der Waals surface area contributed by atoms with E-state index in [0.717, 1.165) is 24.9 Å². The largest absolute Gasteiger partial charge is 0.327 e. The highest BCUT2D eigenvalue weighted by molar-refractivity contribution is 5.93. The van der Waals surface area contributed by atoms with E-state index in [0.29, 0.717) is 17.9 Å². The number of hydrogen-bond donors (Lipinski definition) is 2. The van der Waals surface area contributed by atoms with Gasteiger partial charge in [0, 0.05) is 17.6 Å². The van der Waals surface area contributed by atoms with Crippen LogP contribution in [-0.2, 0) is 11.2 Å². The summed E-state index contributed by atoms with van der Waals surface area (Å²) in [6.45, 7) is 0. The van der Waals surface area contributed by atoms with Crippen LogP contribution in [0.3, 0.4) is 0 Å². The molecule has 2 fully saturated rings. The summed E-state index contributed by atoms with van der Waals surface area (Å²) in [5.41, 5.74) is 9.75. The number of halogens is 1. The number of anilines is 1. The highest BCUT2D eigenvalue weighted by Crippen LogP contribution is 2.42. The van der Waals surface area contributed by atoms with Gasteiger partial charge < -0.3 is 11.1 Å². The Morgan fingerprint density at radius 2 is 1.59 bits per heavy atom. The van der Waals surface area contributed by atoms with Gasteiger partial charge in [-0.05, 0) is 61.1 Å². The summed E-state index contributed by atoms with van der Waals surface area (Å²) in [4.78, 5) is 13.0. The first-order chi connectivity index (χ1) is 12.7. The van der Waals surface area contributed by atoms with Gasteiger partial charge in [-0.15, -0.1) is 12.4 Å². The third-order valence-corrected chi connectivity index (χ3v) is 6.30.